The molecule has 33 heavy (non-hydrogen) atoms. The minimum Gasteiger partial charge on any atom is -0.372 e. The molecule has 0 saturated carbocycles. The molecular weight excluding hydrogens is 416 g/mol. The SMILES string of the molecule is CN(Cc1ccc(N2CCCCC2)cc1)C(=O)CN1C(=O)NC2(CCc3ccccc32)C1=O. The Kier molecular flexibility index (Phi) is 5.56. The molecule has 2 aromatic rings. The summed E-state index contributed by atoms with van der Waals surface area (Å²) in [6, 6.07) is 15.5. The monoisotopic (exact) mass is 446 g/mol. The molecule has 5 rings (SSSR count). The molecular formula is C26H30N4O3. The van der Waals surface area contributed by atoms with Gasteiger partial charge in [-0.1, -0.05) is 36.4 Å². The first-order valence-corrected chi connectivity index (χ1v) is 11.8. The number of nitrogens with one attached hydrogen (secondary N) is 1. The molecule has 1 aliphatic carbocycles. The zero-order valence-corrected chi connectivity index (χ0v) is 19.0. The van der Waals surface area contributed by atoms with Gasteiger partial charge in [0, 0.05) is 32.4 Å². The molecule has 2 saturated heterocycles. The van der Waals surface area contributed by atoms with E-state index in [9.17, 15) is 14.4 Å². The number of likely N-dealkylation sites (N-methyl/N-ethyl adjacent to an activating group) is 1. The first-order chi connectivity index (χ1) is 16.0. The summed E-state index contributed by atoms with van der Waals surface area (Å²) in [6.07, 6.45) is 5.02. The minimum absolute atomic E-state index is 0.253. The van der Waals surface area contributed by atoms with E-state index in [1.807, 2.05) is 36.4 Å². The van der Waals surface area contributed by atoms with Crippen molar-refractivity contribution in [1.82, 2.24) is 15.1 Å². The van der Waals surface area contributed by atoms with E-state index in [1.54, 1.807) is 11.9 Å². The van der Waals surface area contributed by atoms with Gasteiger partial charge in [-0.2, -0.15) is 0 Å². The summed E-state index contributed by atoms with van der Waals surface area (Å²) < 4.78 is 0. The highest BCUT2D eigenvalue weighted by Gasteiger charge is 2.55. The second-order valence-corrected chi connectivity index (χ2v) is 9.35. The van der Waals surface area contributed by atoms with E-state index < -0.39 is 11.6 Å². The van der Waals surface area contributed by atoms with Crippen LogP contribution < -0.4 is 10.2 Å². The van der Waals surface area contributed by atoms with Crippen LogP contribution in [0.25, 0.3) is 0 Å². The Morgan fingerprint density at radius 3 is 2.52 bits per heavy atom. The van der Waals surface area contributed by atoms with Gasteiger partial charge in [-0.3, -0.25) is 14.5 Å². The second-order valence-electron chi connectivity index (χ2n) is 9.35. The van der Waals surface area contributed by atoms with Crippen LogP contribution in [0.3, 0.4) is 0 Å². The first kappa shape index (κ1) is 21.5. The van der Waals surface area contributed by atoms with Crippen LogP contribution in [0.5, 0.6) is 0 Å². The molecule has 2 aromatic carbocycles. The molecule has 1 spiro atoms. The van der Waals surface area contributed by atoms with E-state index in [1.165, 1.54) is 24.9 Å². The lowest BCUT2D eigenvalue weighted by Gasteiger charge is -2.29. The number of benzene rings is 2. The lowest BCUT2D eigenvalue weighted by atomic mass is 9.92. The maximum absolute atomic E-state index is 13.3. The third kappa shape index (κ3) is 3.86. The number of urea groups is 1. The minimum atomic E-state index is -1.03. The van der Waals surface area contributed by atoms with Gasteiger partial charge in [0.2, 0.25) is 5.91 Å². The van der Waals surface area contributed by atoms with Crippen molar-refractivity contribution in [3.8, 4) is 0 Å². The average molecular weight is 447 g/mol. The Balaban J connectivity index is 1.22. The Morgan fingerprint density at radius 1 is 1.03 bits per heavy atom. The quantitative estimate of drug-likeness (QED) is 0.717. The zero-order valence-electron chi connectivity index (χ0n) is 19.0. The summed E-state index contributed by atoms with van der Waals surface area (Å²) in [7, 11) is 1.71. The molecule has 2 aliphatic heterocycles. The topological polar surface area (TPSA) is 73.0 Å². The van der Waals surface area contributed by atoms with Crippen LogP contribution in [-0.4, -0.2) is 54.3 Å². The van der Waals surface area contributed by atoms with Crippen LogP contribution in [0, 0.1) is 0 Å². The maximum atomic E-state index is 13.3. The summed E-state index contributed by atoms with van der Waals surface area (Å²) >= 11 is 0. The third-order valence-electron chi connectivity index (χ3n) is 7.22. The summed E-state index contributed by atoms with van der Waals surface area (Å²) in [5.74, 6) is -0.591. The summed E-state index contributed by atoms with van der Waals surface area (Å²) in [5.41, 5.74) is 3.13. The van der Waals surface area contributed by atoms with Crippen molar-refractivity contribution in [2.75, 3.05) is 31.6 Å². The number of piperidine rings is 1. The average Bonchev–Trinajstić information content (AvgIpc) is 3.33. The fraction of sp³-hybridized carbons (Fsp3) is 0.423. The number of aryl methyl sites for hydroxylation is 1. The van der Waals surface area contributed by atoms with E-state index in [4.69, 9.17) is 0 Å². The molecule has 0 aromatic heterocycles. The largest absolute Gasteiger partial charge is 0.372 e. The second kappa shape index (κ2) is 8.54. The van der Waals surface area contributed by atoms with Crippen molar-refractivity contribution in [2.24, 2.45) is 0 Å². The van der Waals surface area contributed by atoms with Crippen LogP contribution in [-0.2, 0) is 28.1 Å². The maximum Gasteiger partial charge on any atom is 0.325 e. The molecule has 2 heterocycles. The number of anilines is 1. The van der Waals surface area contributed by atoms with Crippen molar-refractivity contribution < 1.29 is 14.4 Å². The number of carbonyl (C=O) groups excluding carboxylic acids is 3. The van der Waals surface area contributed by atoms with Gasteiger partial charge in [0.15, 0.2) is 0 Å². The van der Waals surface area contributed by atoms with Gasteiger partial charge in [-0.15, -0.1) is 0 Å². The number of imide groups is 1. The van der Waals surface area contributed by atoms with Gasteiger partial charge in [0.25, 0.3) is 5.91 Å². The fourth-order valence-corrected chi connectivity index (χ4v) is 5.32. The van der Waals surface area contributed by atoms with Crippen LogP contribution in [0.15, 0.2) is 48.5 Å². The Bertz CT molecular complexity index is 1080. The van der Waals surface area contributed by atoms with Crippen LogP contribution in [0.2, 0.25) is 0 Å². The van der Waals surface area contributed by atoms with Gasteiger partial charge in [0.05, 0.1) is 0 Å². The molecule has 0 bridgehead atoms. The molecule has 7 heteroatoms. The molecule has 1 N–H and O–H groups in total. The van der Waals surface area contributed by atoms with Crippen molar-refractivity contribution in [3.05, 3.63) is 65.2 Å². The number of hydrogen-bond donors (Lipinski definition) is 1. The summed E-state index contributed by atoms with van der Waals surface area (Å²) in [5, 5.41) is 2.88. The molecule has 3 aliphatic rings. The highest BCUT2D eigenvalue weighted by atomic mass is 16.2. The molecule has 1 atom stereocenters. The van der Waals surface area contributed by atoms with E-state index >= 15 is 0 Å². The number of rotatable bonds is 5. The van der Waals surface area contributed by atoms with E-state index in [0.717, 1.165) is 41.1 Å². The predicted octanol–water partition coefficient (Wildman–Crippen LogP) is 3.03. The molecule has 0 radical (unpaired) electrons. The fourth-order valence-electron chi connectivity index (χ4n) is 5.32. The van der Waals surface area contributed by atoms with E-state index in [-0.39, 0.29) is 18.4 Å². The zero-order chi connectivity index (χ0) is 23.0. The third-order valence-corrected chi connectivity index (χ3v) is 7.22. The van der Waals surface area contributed by atoms with Gasteiger partial charge in [-0.25, -0.2) is 4.79 Å². The summed E-state index contributed by atoms with van der Waals surface area (Å²) in [4.78, 5) is 43.9. The first-order valence-electron chi connectivity index (χ1n) is 11.8. The number of nitrogens with zero attached hydrogens (tertiary/aromatic N) is 3. The van der Waals surface area contributed by atoms with E-state index in [0.29, 0.717) is 13.0 Å². The Hall–Kier alpha value is -3.35. The molecule has 172 valence electrons. The van der Waals surface area contributed by atoms with Gasteiger partial charge < -0.3 is 15.1 Å². The molecule has 7 nitrogen and oxygen atoms in total. The summed E-state index contributed by atoms with van der Waals surface area (Å²) in [6.45, 7) is 2.36. The van der Waals surface area contributed by atoms with Crippen molar-refractivity contribution in [2.45, 2.75) is 44.2 Å². The van der Waals surface area contributed by atoms with Crippen LogP contribution in [0.4, 0.5) is 10.5 Å². The number of fused-ring (bicyclic) bond motifs is 2. The van der Waals surface area contributed by atoms with Crippen molar-refractivity contribution in [3.63, 3.8) is 0 Å². The van der Waals surface area contributed by atoms with Gasteiger partial charge in [-0.05, 0) is 60.9 Å². The van der Waals surface area contributed by atoms with Gasteiger partial charge >= 0.3 is 6.03 Å². The number of amides is 4. The lowest BCUT2D eigenvalue weighted by molar-refractivity contribution is -0.138. The Morgan fingerprint density at radius 2 is 1.76 bits per heavy atom. The highest BCUT2D eigenvalue weighted by molar-refractivity contribution is 6.09. The van der Waals surface area contributed by atoms with Crippen LogP contribution >= 0.6 is 0 Å². The predicted molar refractivity (Wildman–Crippen MR) is 126 cm³/mol. The molecule has 1 unspecified atom stereocenters. The lowest BCUT2D eigenvalue weighted by Crippen LogP contribution is -2.44. The van der Waals surface area contributed by atoms with E-state index in [2.05, 4.69) is 22.3 Å². The van der Waals surface area contributed by atoms with Crippen LogP contribution in [0.1, 0.15) is 42.4 Å². The van der Waals surface area contributed by atoms with Gasteiger partial charge in [0.1, 0.15) is 12.1 Å². The molecule has 2 fully saturated rings. The number of hydrogen-bond acceptors (Lipinski definition) is 4. The Labute approximate surface area is 194 Å². The standard InChI is InChI=1S/C26H30N4O3/c1-28(17-19-9-11-21(12-10-19)29-15-5-2-6-16-29)23(31)18-30-24(32)26(27-25(30)33)14-13-20-7-3-4-8-22(20)26/h3-4,7-12H,2,5-6,13-18H2,1H3,(H,27,33). The van der Waals surface area contributed by atoms with Crippen molar-refractivity contribution in [1.29, 1.82) is 0 Å². The number of carbonyl (C=O) groups is 3. The normalized spacial score (nSPS) is 22.0. The van der Waals surface area contributed by atoms with Crippen molar-refractivity contribution >= 4 is 23.5 Å². The smallest absolute Gasteiger partial charge is 0.325 e. The highest BCUT2D eigenvalue weighted by Crippen LogP contribution is 2.41. The molecule has 4 amide bonds.